The van der Waals surface area contributed by atoms with Crippen molar-refractivity contribution in [3.05, 3.63) is 102 Å². The number of carbonyl (C=O) groups is 1. The maximum Gasteiger partial charge on any atom is 0.227 e. The number of para-hydroxylation sites is 1. The third-order valence-corrected chi connectivity index (χ3v) is 6.95. The van der Waals surface area contributed by atoms with E-state index in [-0.39, 0.29) is 11.8 Å². The van der Waals surface area contributed by atoms with Gasteiger partial charge in [-0.25, -0.2) is 4.68 Å². The Morgan fingerprint density at radius 2 is 1.86 bits per heavy atom. The number of allylic oxidation sites excluding steroid dienone is 2. The highest BCUT2D eigenvalue weighted by Crippen LogP contribution is 2.41. The fourth-order valence-electron chi connectivity index (χ4n) is 4.50. The number of ether oxygens (including phenoxy) is 1. The third-order valence-electron chi connectivity index (χ3n) is 6.08. The molecule has 4 aromatic rings. The lowest BCUT2D eigenvalue weighted by Gasteiger charge is -2.32. The van der Waals surface area contributed by atoms with Crippen molar-refractivity contribution in [2.75, 3.05) is 5.32 Å². The van der Waals surface area contributed by atoms with Gasteiger partial charge in [0.15, 0.2) is 5.78 Å². The van der Waals surface area contributed by atoms with E-state index in [1.54, 1.807) is 6.20 Å². The van der Waals surface area contributed by atoms with E-state index < -0.39 is 0 Å². The molecule has 2 aromatic heterocycles. The number of anilines is 1. The van der Waals surface area contributed by atoms with Crippen molar-refractivity contribution in [1.82, 2.24) is 19.7 Å². The van der Waals surface area contributed by atoms with Gasteiger partial charge in [0, 0.05) is 29.6 Å². The molecular weight excluding hydrogens is 458 g/mol. The molecule has 0 bridgehead atoms. The van der Waals surface area contributed by atoms with Gasteiger partial charge in [-0.05, 0) is 54.8 Å². The molecule has 1 aliphatic carbocycles. The topological polar surface area (TPSA) is 81.9 Å². The van der Waals surface area contributed by atoms with Crippen LogP contribution < -0.4 is 10.1 Å². The number of Topliss-reactive ketones (excluding diaryl/α,β-unsaturated/α-hetero) is 1. The highest BCUT2D eigenvalue weighted by atomic mass is 32.2. The maximum absolute atomic E-state index is 13.1. The Balaban J connectivity index is 1.36. The van der Waals surface area contributed by atoms with Gasteiger partial charge in [-0.2, -0.15) is 4.98 Å². The normalized spacial score (nSPS) is 16.9. The predicted octanol–water partition coefficient (Wildman–Crippen LogP) is 5.78. The summed E-state index contributed by atoms with van der Waals surface area (Å²) in [6.07, 6.45) is 3.99. The first kappa shape index (κ1) is 21.6. The minimum absolute atomic E-state index is 0.155. The summed E-state index contributed by atoms with van der Waals surface area (Å²) in [7, 11) is 0. The van der Waals surface area contributed by atoms with Crippen LogP contribution in [0.2, 0.25) is 0 Å². The largest absolute Gasteiger partial charge is 0.457 e. The summed E-state index contributed by atoms with van der Waals surface area (Å²) in [5.41, 5.74) is 3.62. The van der Waals surface area contributed by atoms with E-state index in [0.29, 0.717) is 29.0 Å². The average Bonchev–Trinajstić information content (AvgIpc) is 3.30. The van der Waals surface area contributed by atoms with Crippen LogP contribution in [0.5, 0.6) is 11.5 Å². The fourth-order valence-corrected chi connectivity index (χ4v) is 5.25. The number of hydrogen-bond acceptors (Lipinski definition) is 7. The molecule has 1 unspecified atom stereocenters. The molecule has 0 amide bonds. The molecule has 0 fully saturated rings. The van der Waals surface area contributed by atoms with Crippen molar-refractivity contribution in [3.8, 4) is 11.5 Å². The lowest BCUT2D eigenvalue weighted by molar-refractivity contribution is -0.116. The number of ketones is 1. The van der Waals surface area contributed by atoms with Gasteiger partial charge in [-0.1, -0.05) is 48.2 Å². The molecule has 174 valence electrons. The highest BCUT2D eigenvalue weighted by Gasteiger charge is 2.37. The van der Waals surface area contributed by atoms with Gasteiger partial charge >= 0.3 is 0 Å². The van der Waals surface area contributed by atoms with E-state index in [4.69, 9.17) is 14.8 Å². The summed E-state index contributed by atoms with van der Waals surface area (Å²) in [6, 6.07) is 23.1. The summed E-state index contributed by atoms with van der Waals surface area (Å²) >= 11 is 1.53. The zero-order valence-corrected chi connectivity index (χ0v) is 19.7. The summed E-state index contributed by atoms with van der Waals surface area (Å²) in [4.78, 5) is 22.2. The van der Waals surface area contributed by atoms with Crippen molar-refractivity contribution in [2.45, 2.75) is 36.2 Å². The Bertz CT molecular complexity index is 1400. The van der Waals surface area contributed by atoms with Gasteiger partial charge in [-0.15, -0.1) is 5.10 Å². The zero-order valence-electron chi connectivity index (χ0n) is 18.9. The molecule has 2 aliphatic rings. The molecule has 8 heteroatoms. The van der Waals surface area contributed by atoms with Crippen molar-refractivity contribution in [2.24, 2.45) is 0 Å². The van der Waals surface area contributed by atoms with Crippen LogP contribution in [0.1, 0.15) is 36.6 Å². The van der Waals surface area contributed by atoms with Crippen LogP contribution in [0.3, 0.4) is 0 Å². The molecule has 1 aliphatic heterocycles. The van der Waals surface area contributed by atoms with Crippen LogP contribution in [0, 0.1) is 0 Å². The second-order valence-electron chi connectivity index (χ2n) is 8.46. The van der Waals surface area contributed by atoms with E-state index in [1.165, 1.54) is 11.8 Å². The van der Waals surface area contributed by atoms with Gasteiger partial charge in [0.05, 0.1) is 5.69 Å². The van der Waals surface area contributed by atoms with Gasteiger partial charge in [-0.3, -0.25) is 9.78 Å². The molecule has 1 N–H and O–H groups in total. The number of benzene rings is 2. The minimum atomic E-state index is -0.356. The quantitative estimate of drug-likeness (QED) is 0.350. The first-order chi connectivity index (χ1) is 17.2. The van der Waals surface area contributed by atoms with E-state index in [1.807, 2.05) is 77.5 Å². The molecular formula is C27H23N5O2S. The molecule has 0 saturated heterocycles. The number of aromatic nitrogens is 4. The number of thioether (sulfide) groups is 1. The summed E-state index contributed by atoms with van der Waals surface area (Å²) < 4.78 is 7.92. The molecule has 35 heavy (non-hydrogen) atoms. The first-order valence-electron chi connectivity index (χ1n) is 11.6. The van der Waals surface area contributed by atoms with Gasteiger partial charge in [0.2, 0.25) is 11.1 Å². The molecule has 2 aromatic carbocycles. The number of hydrogen-bond donors (Lipinski definition) is 1. The van der Waals surface area contributed by atoms with E-state index in [2.05, 4.69) is 10.3 Å². The molecule has 0 saturated carbocycles. The van der Waals surface area contributed by atoms with Gasteiger partial charge in [0.1, 0.15) is 17.5 Å². The number of fused-ring (bicyclic) bond motifs is 1. The van der Waals surface area contributed by atoms with Crippen LogP contribution in [0.25, 0.3) is 0 Å². The van der Waals surface area contributed by atoms with Crippen molar-refractivity contribution in [1.29, 1.82) is 0 Å². The van der Waals surface area contributed by atoms with Crippen LogP contribution in [-0.2, 0) is 10.5 Å². The third kappa shape index (κ3) is 4.44. The lowest BCUT2D eigenvalue weighted by atomic mass is 9.85. The van der Waals surface area contributed by atoms with Crippen LogP contribution in [0.15, 0.2) is 95.4 Å². The molecule has 3 heterocycles. The van der Waals surface area contributed by atoms with E-state index >= 15 is 0 Å². The Labute approximate surface area is 207 Å². The molecule has 7 nitrogen and oxygen atoms in total. The number of nitrogens with zero attached hydrogens (tertiary/aromatic N) is 4. The minimum Gasteiger partial charge on any atom is -0.457 e. The zero-order chi connectivity index (χ0) is 23.6. The van der Waals surface area contributed by atoms with Crippen LogP contribution in [-0.4, -0.2) is 25.5 Å². The molecule has 0 radical (unpaired) electrons. The van der Waals surface area contributed by atoms with E-state index in [0.717, 1.165) is 41.1 Å². The standard InChI is InChI=1S/C27H23N5O2S/c33-23-14-7-13-22-24(23)25(18-8-6-12-21(16-18)34-20-10-2-1-3-11-20)32-26(29-22)30-27(31-32)35-17-19-9-4-5-15-28-19/h1-6,8-12,15-16,25H,7,13-14,17H2,(H,29,30,31). The first-order valence-corrected chi connectivity index (χ1v) is 12.6. The smallest absolute Gasteiger partial charge is 0.227 e. The number of carbonyl (C=O) groups excluding carboxylic acids is 1. The van der Waals surface area contributed by atoms with Crippen LogP contribution >= 0.6 is 11.8 Å². The fraction of sp³-hybridized carbons (Fsp3) is 0.185. The number of rotatable bonds is 6. The van der Waals surface area contributed by atoms with Crippen molar-refractivity contribution >= 4 is 23.5 Å². The number of nitrogens with one attached hydrogen (secondary N) is 1. The van der Waals surface area contributed by atoms with Gasteiger partial charge in [0.25, 0.3) is 0 Å². The van der Waals surface area contributed by atoms with Crippen LogP contribution in [0.4, 0.5) is 5.95 Å². The molecule has 0 spiro atoms. The Morgan fingerprint density at radius 1 is 1.00 bits per heavy atom. The summed E-state index contributed by atoms with van der Waals surface area (Å²) in [5, 5.41) is 8.85. The summed E-state index contributed by atoms with van der Waals surface area (Å²) in [6.45, 7) is 0. The highest BCUT2D eigenvalue weighted by molar-refractivity contribution is 7.98. The SMILES string of the molecule is O=C1CCCC2=C1C(c1cccc(Oc3ccccc3)c1)n1nc(SCc3ccccn3)nc1N2. The Kier molecular flexibility index (Phi) is 5.79. The summed E-state index contributed by atoms with van der Waals surface area (Å²) in [5.74, 6) is 2.95. The maximum atomic E-state index is 13.1. The molecule has 6 rings (SSSR count). The predicted molar refractivity (Wildman–Crippen MR) is 134 cm³/mol. The van der Waals surface area contributed by atoms with E-state index in [9.17, 15) is 4.79 Å². The second-order valence-corrected chi connectivity index (χ2v) is 9.40. The van der Waals surface area contributed by atoms with Crippen molar-refractivity contribution in [3.63, 3.8) is 0 Å². The molecule has 1 atom stereocenters. The average molecular weight is 482 g/mol. The lowest BCUT2D eigenvalue weighted by Crippen LogP contribution is -2.31. The Morgan fingerprint density at radius 3 is 2.71 bits per heavy atom. The van der Waals surface area contributed by atoms with Gasteiger partial charge < -0.3 is 10.1 Å². The van der Waals surface area contributed by atoms with Crippen molar-refractivity contribution < 1.29 is 9.53 Å². The second kappa shape index (κ2) is 9.38. The monoisotopic (exact) mass is 481 g/mol. The number of pyridine rings is 1. The Hall–Kier alpha value is -3.91.